The van der Waals surface area contributed by atoms with Crippen molar-refractivity contribution in [2.75, 3.05) is 5.32 Å². The number of benzene rings is 2. The van der Waals surface area contributed by atoms with Crippen LogP contribution in [-0.4, -0.2) is 23.7 Å². The summed E-state index contributed by atoms with van der Waals surface area (Å²) in [6.07, 6.45) is -3.80. The van der Waals surface area contributed by atoms with Gasteiger partial charge in [0.2, 0.25) is 5.91 Å². The molecule has 0 bridgehead atoms. The smallest absolute Gasteiger partial charge is 0.390 e. The zero-order chi connectivity index (χ0) is 26.0. The van der Waals surface area contributed by atoms with Gasteiger partial charge >= 0.3 is 12.1 Å². The molecule has 1 amide bonds. The lowest BCUT2D eigenvalue weighted by Crippen LogP contribution is -2.26. The molecule has 2 atom stereocenters. The zero-order valence-electron chi connectivity index (χ0n) is 19.7. The van der Waals surface area contributed by atoms with Gasteiger partial charge in [-0.15, -0.1) is 0 Å². The predicted molar refractivity (Wildman–Crippen MR) is 131 cm³/mol. The first kappa shape index (κ1) is 27.3. The quantitative estimate of drug-likeness (QED) is 0.353. The topological polar surface area (TPSA) is 55.4 Å². The monoisotopic (exact) mass is 529 g/mol. The minimum absolute atomic E-state index is 0.139. The van der Waals surface area contributed by atoms with Gasteiger partial charge in [-0.05, 0) is 80.8 Å². The number of hydrogen-bond donors (Lipinski definition) is 1. The number of carbonyl (C=O) groups excluding carboxylic acids is 2. The number of alkyl halides is 3. The summed E-state index contributed by atoms with van der Waals surface area (Å²) < 4.78 is 45.3. The summed E-state index contributed by atoms with van der Waals surface area (Å²) in [5.41, 5.74) is 0.554. The molecule has 4 nitrogen and oxygen atoms in total. The van der Waals surface area contributed by atoms with E-state index < -0.39 is 30.0 Å². The number of carbonyl (C=O) groups is 2. The van der Waals surface area contributed by atoms with E-state index in [0.29, 0.717) is 10.9 Å². The molecule has 2 unspecified atom stereocenters. The van der Waals surface area contributed by atoms with Crippen molar-refractivity contribution < 1.29 is 27.5 Å². The molecule has 0 aliphatic heterocycles. The molecule has 1 fully saturated rings. The van der Waals surface area contributed by atoms with E-state index in [1.165, 1.54) is 24.3 Å². The van der Waals surface area contributed by atoms with Crippen LogP contribution in [0, 0.1) is 5.92 Å². The molecule has 2 aromatic rings. The predicted octanol–water partition coefficient (Wildman–Crippen LogP) is 7.89. The van der Waals surface area contributed by atoms with E-state index in [9.17, 15) is 22.8 Å². The highest BCUT2D eigenvalue weighted by atomic mass is 35.5. The van der Waals surface area contributed by atoms with Crippen molar-refractivity contribution in [3.8, 4) is 0 Å². The number of amides is 1. The number of rotatable bonds is 8. The highest BCUT2D eigenvalue weighted by molar-refractivity contribution is 6.33. The summed E-state index contributed by atoms with van der Waals surface area (Å²) in [4.78, 5) is 25.5. The first-order valence-electron chi connectivity index (χ1n) is 11.4. The first-order valence-corrected chi connectivity index (χ1v) is 12.1. The van der Waals surface area contributed by atoms with Gasteiger partial charge in [-0.1, -0.05) is 41.4 Å². The van der Waals surface area contributed by atoms with Crippen LogP contribution in [-0.2, 0) is 14.3 Å². The zero-order valence-corrected chi connectivity index (χ0v) is 21.2. The third-order valence-corrected chi connectivity index (χ3v) is 6.28. The fourth-order valence-corrected chi connectivity index (χ4v) is 4.29. The Kier molecular flexibility index (Phi) is 8.43. The molecule has 0 aromatic heterocycles. The molecule has 9 heteroatoms. The Labute approximate surface area is 213 Å². The molecule has 1 saturated carbocycles. The van der Waals surface area contributed by atoms with Crippen LogP contribution in [0.4, 0.5) is 18.9 Å². The van der Waals surface area contributed by atoms with Gasteiger partial charge in [-0.2, -0.15) is 13.2 Å². The molecule has 0 radical (unpaired) electrons. The first-order chi connectivity index (χ1) is 16.2. The highest BCUT2D eigenvalue weighted by Gasteiger charge is 2.37. The Bertz CT molecular complexity index is 1060. The van der Waals surface area contributed by atoms with E-state index in [-0.39, 0.29) is 34.6 Å². The summed E-state index contributed by atoms with van der Waals surface area (Å²) in [6, 6.07) is 10.7. The Balaban J connectivity index is 1.84. The summed E-state index contributed by atoms with van der Waals surface area (Å²) in [5.74, 6) is -2.49. The second-order valence-corrected chi connectivity index (χ2v) is 10.7. The van der Waals surface area contributed by atoms with Crippen molar-refractivity contribution >= 4 is 40.8 Å². The molecule has 2 aromatic carbocycles. The molecular formula is C26H28Cl2F3NO3. The van der Waals surface area contributed by atoms with Crippen LogP contribution in [0.25, 0.3) is 0 Å². The molecule has 1 N–H and O–H groups in total. The molecule has 0 saturated heterocycles. The molecule has 0 spiro atoms. The standard InChI is InChI=1S/C26H28Cl2F3NO3/c1-25(2,3)35-23(33)13-19(15-4-5-15)17-8-11-21(28)22(12-17)32-24(34)20(14-26(29,30)31)16-6-9-18(27)10-7-16/h6-12,15,19-20H,4-5,13-14H2,1-3H3,(H,32,34). The van der Waals surface area contributed by atoms with E-state index in [1.54, 1.807) is 39.0 Å². The van der Waals surface area contributed by atoms with E-state index in [2.05, 4.69) is 5.32 Å². The third kappa shape index (κ3) is 8.43. The minimum atomic E-state index is -4.56. The van der Waals surface area contributed by atoms with E-state index in [4.69, 9.17) is 27.9 Å². The SMILES string of the molecule is CC(C)(C)OC(=O)CC(c1ccc(Cl)c(NC(=O)C(CC(F)(F)F)c2ccc(Cl)cc2)c1)C1CC1. The average Bonchev–Trinajstić information content (AvgIpc) is 3.56. The summed E-state index contributed by atoms with van der Waals surface area (Å²) in [6.45, 7) is 5.39. The van der Waals surface area contributed by atoms with Crippen molar-refractivity contribution in [1.29, 1.82) is 0 Å². The second kappa shape index (κ2) is 10.8. The summed E-state index contributed by atoms with van der Waals surface area (Å²) in [7, 11) is 0. The number of halogens is 5. The van der Waals surface area contributed by atoms with Crippen LogP contribution in [0.2, 0.25) is 10.0 Å². The van der Waals surface area contributed by atoms with Crippen molar-refractivity contribution in [1.82, 2.24) is 0 Å². The number of anilines is 1. The molecule has 1 aliphatic carbocycles. The maximum absolute atomic E-state index is 13.3. The Morgan fingerprint density at radius 2 is 1.63 bits per heavy atom. The van der Waals surface area contributed by atoms with Crippen LogP contribution in [0.5, 0.6) is 0 Å². The molecule has 3 rings (SSSR count). The summed E-state index contributed by atoms with van der Waals surface area (Å²) in [5, 5.41) is 3.12. The molecule has 35 heavy (non-hydrogen) atoms. The van der Waals surface area contributed by atoms with Gasteiger partial charge in [0.25, 0.3) is 0 Å². The lowest BCUT2D eigenvalue weighted by atomic mass is 9.90. The maximum Gasteiger partial charge on any atom is 0.390 e. The van der Waals surface area contributed by atoms with Crippen molar-refractivity contribution in [3.63, 3.8) is 0 Å². The maximum atomic E-state index is 13.3. The number of esters is 1. The number of nitrogens with one attached hydrogen (secondary N) is 1. The van der Waals surface area contributed by atoms with Gasteiger partial charge in [0.1, 0.15) is 5.60 Å². The van der Waals surface area contributed by atoms with Gasteiger partial charge in [0.15, 0.2) is 0 Å². The molecular weight excluding hydrogens is 502 g/mol. The lowest BCUT2D eigenvalue weighted by molar-refractivity contribution is -0.155. The van der Waals surface area contributed by atoms with E-state index in [1.807, 2.05) is 0 Å². The van der Waals surface area contributed by atoms with Crippen LogP contribution < -0.4 is 5.32 Å². The van der Waals surface area contributed by atoms with E-state index in [0.717, 1.165) is 18.4 Å². The highest BCUT2D eigenvalue weighted by Crippen LogP contribution is 2.46. The van der Waals surface area contributed by atoms with Crippen molar-refractivity contribution in [2.45, 2.75) is 70.1 Å². The minimum Gasteiger partial charge on any atom is -0.460 e. The second-order valence-electron chi connectivity index (χ2n) is 9.89. The van der Waals surface area contributed by atoms with Crippen LogP contribution >= 0.6 is 23.2 Å². The summed E-state index contributed by atoms with van der Waals surface area (Å²) >= 11 is 12.1. The Hall–Kier alpha value is -2.25. The fraction of sp³-hybridized carbons (Fsp3) is 0.462. The van der Waals surface area contributed by atoms with Gasteiger partial charge in [-0.25, -0.2) is 0 Å². The van der Waals surface area contributed by atoms with Crippen LogP contribution in [0.15, 0.2) is 42.5 Å². The van der Waals surface area contributed by atoms with Crippen molar-refractivity contribution in [3.05, 3.63) is 63.6 Å². The fourth-order valence-electron chi connectivity index (χ4n) is 4.00. The average molecular weight is 530 g/mol. The van der Waals surface area contributed by atoms with Crippen molar-refractivity contribution in [2.24, 2.45) is 5.92 Å². The largest absolute Gasteiger partial charge is 0.460 e. The van der Waals surface area contributed by atoms with Gasteiger partial charge < -0.3 is 10.1 Å². The third-order valence-electron chi connectivity index (χ3n) is 5.70. The van der Waals surface area contributed by atoms with Gasteiger partial charge in [-0.3, -0.25) is 9.59 Å². The number of ether oxygens (including phenoxy) is 1. The normalized spacial score (nSPS) is 15.9. The van der Waals surface area contributed by atoms with Gasteiger partial charge in [0, 0.05) is 5.02 Å². The molecule has 190 valence electrons. The lowest BCUT2D eigenvalue weighted by Gasteiger charge is -2.23. The molecule has 1 aliphatic rings. The number of hydrogen-bond acceptors (Lipinski definition) is 3. The van der Waals surface area contributed by atoms with Crippen LogP contribution in [0.1, 0.15) is 69.4 Å². The molecule has 0 heterocycles. The van der Waals surface area contributed by atoms with Crippen LogP contribution in [0.3, 0.4) is 0 Å². The van der Waals surface area contributed by atoms with Gasteiger partial charge in [0.05, 0.1) is 29.5 Å². The Morgan fingerprint density at radius 3 is 2.17 bits per heavy atom. The Morgan fingerprint density at radius 1 is 1.03 bits per heavy atom. The van der Waals surface area contributed by atoms with E-state index >= 15 is 0 Å².